The van der Waals surface area contributed by atoms with Crippen LogP contribution in [0.5, 0.6) is 0 Å². The molecule has 2 rings (SSSR count). The van der Waals surface area contributed by atoms with Crippen molar-refractivity contribution in [3.05, 3.63) is 24.4 Å². The Balaban J connectivity index is 1.67. The predicted octanol–water partition coefficient (Wildman–Crippen LogP) is 1.94. The number of carbonyl (C=O) groups is 2. The summed E-state index contributed by atoms with van der Waals surface area (Å²) in [6.07, 6.45) is 5.98. The van der Waals surface area contributed by atoms with Gasteiger partial charge in [-0.2, -0.15) is 0 Å². The third kappa shape index (κ3) is 4.90. The molecule has 0 saturated heterocycles. The summed E-state index contributed by atoms with van der Waals surface area (Å²) < 4.78 is 0. The smallest absolute Gasteiger partial charge is 0.321 e. The fourth-order valence-electron chi connectivity index (χ4n) is 2.03. The van der Waals surface area contributed by atoms with Crippen LogP contribution in [0.3, 0.4) is 0 Å². The zero-order chi connectivity index (χ0) is 13.5. The lowest BCUT2D eigenvalue weighted by molar-refractivity contribution is -0.117. The summed E-state index contributed by atoms with van der Waals surface area (Å²) in [5, 5.41) is 5.92. The quantitative estimate of drug-likeness (QED) is 0.826. The van der Waals surface area contributed by atoms with Gasteiger partial charge in [0.25, 0.3) is 0 Å². The Labute approximate surface area is 116 Å². The van der Waals surface area contributed by atoms with E-state index in [-0.39, 0.29) is 17.7 Å². The number of thioether (sulfide) groups is 1. The Hall–Kier alpha value is -1.56. The number of rotatable bonds is 4. The summed E-state index contributed by atoms with van der Waals surface area (Å²) in [6, 6.07) is 5.34. The summed E-state index contributed by atoms with van der Waals surface area (Å²) in [5.41, 5.74) is 0. The first-order valence-corrected chi connectivity index (χ1v) is 7.37. The third-order valence-electron chi connectivity index (χ3n) is 2.93. The maximum absolute atomic E-state index is 11.6. The molecule has 0 radical (unpaired) electrons. The maximum Gasteiger partial charge on any atom is 0.321 e. The molecule has 2 N–H and O–H groups in total. The number of pyridine rings is 1. The number of carbonyl (C=O) groups excluding carboxylic acids is 2. The molecule has 3 amide bonds. The van der Waals surface area contributed by atoms with E-state index in [0.29, 0.717) is 0 Å². The van der Waals surface area contributed by atoms with Crippen LogP contribution in [-0.2, 0) is 4.79 Å². The first kappa shape index (κ1) is 13.9. The van der Waals surface area contributed by atoms with E-state index in [1.807, 2.05) is 18.2 Å². The van der Waals surface area contributed by atoms with Gasteiger partial charge in [0.1, 0.15) is 0 Å². The molecule has 102 valence electrons. The molecule has 1 aromatic rings. The van der Waals surface area contributed by atoms with Gasteiger partial charge in [0, 0.05) is 12.2 Å². The molecule has 0 unspecified atom stereocenters. The highest BCUT2D eigenvalue weighted by atomic mass is 32.2. The molecule has 0 aliphatic heterocycles. The Morgan fingerprint density at radius 3 is 2.79 bits per heavy atom. The Kier molecular flexibility index (Phi) is 5.20. The molecule has 1 aliphatic carbocycles. The molecule has 1 fully saturated rings. The van der Waals surface area contributed by atoms with Gasteiger partial charge in [-0.15, -0.1) is 0 Å². The van der Waals surface area contributed by atoms with Crippen LogP contribution in [0.2, 0.25) is 0 Å². The standard InChI is InChI=1S/C13H17N3O2S/c17-11(9-19-12-7-3-4-8-14-12)16-13(18)15-10-5-1-2-6-10/h3-4,7-8,10H,1-2,5-6,9H2,(H2,15,16,17,18). The number of amides is 3. The summed E-state index contributed by atoms with van der Waals surface area (Å²) in [4.78, 5) is 27.2. The van der Waals surface area contributed by atoms with Crippen LogP contribution in [0.15, 0.2) is 29.4 Å². The largest absolute Gasteiger partial charge is 0.335 e. The molecule has 0 bridgehead atoms. The van der Waals surface area contributed by atoms with Crippen molar-refractivity contribution in [2.45, 2.75) is 36.8 Å². The van der Waals surface area contributed by atoms with Crippen molar-refractivity contribution < 1.29 is 9.59 Å². The molecule has 19 heavy (non-hydrogen) atoms. The second kappa shape index (κ2) is 7.13. The minimum absolute atomic E-state index is 0.190. The zero-order valence-corrected chi connectivity index (χ0v) is 11.4. The van der Waals surface area contributed by atoms with Crippen LogP contribution in [0.1, 0.15) is 25.7 Å². The molecule has 1 aromatic heterocycles. The van der Waals surface area contributed by atoms with E-state index < -0.39 is 6.03 Å². The lowest BCUT2D eigenvalue weighted by Crippen LogP contribution is -2.44. The van der Waals surface area contributed by atoms with Crippen molar-refractivity contribution >= 4 is 23.7 Å². The average Bonchev–Trinajstić information content (AvgIpc) is 2.90. The van der Waals surface area contributed by atoms with E-state index in [1.54, 1.807) is 6.20 Å². The average molecular weight is 279 g/mol. The number of aromatic nitrogens is 1. The fourth-order valence-corrected chi connectivity index (χ4v) is 2.69. The molecule has 1 aliphatic rings. The van der Waals surface area contributed by atoms with Gasteiger partial charge in [0.05, 0.1) is 10.8 Å². The molecule has 5 nitrogen and oxygen atoms in total. The predicted molar refractivity (Wildman–Crippen MR) is 73.9 cm³/mol. The summed E-state index contributed by atoms with van der Waals surface area (Å²) in [6.45, 7) is 0. The van der Waals surface area contributed by atoms with E-state index in [0.717, 1.165) is 30.7 Å². The second-order valence-corrected chi connectivity index (χ2v) is 5.46. The number of imide groups is 1. The van der Waals surface area contributed by atoms with Crippen molar-refractivity contribution in [2.75, 3.05) is 5.75 Å². The molecular weight excluding hydrogens is 262 g/mol. The molecule has 0 atom stereocenters. The van der Waals surface area contributed by atoms with E-state index in [2.05, 4.69) is 15.6 Å². The maximum atomic E-state index is 11.6. The van der Waals surface area contributed by atoms with Crippen LogP contribution in [0.25, 0.3) is 0 Å². The van der Waals surface area contributed by atoms with E-state index in [9.17, 15) is 9.59 Å². The number of urea groups is 1. The number of hydrogen-bond acceptors (Lipinski definition) is 4. The highest BCUT2D eigenvalue weighted by molar-refractivity contribution is 7.99. The van der Waals surface area contributed by atoms with Crippen LogP contribution in [0.4, 0.5) is 4.79 Å². The minimum Gasteiger partial charge on any atom is -0.335 e. The van der Waals surface area contributed by atoms with Gasteiger partial charge in [-0.05, 0) is 25.0 Å². The van der Waals surface area contributed by atoms with E-state index >= 15 is 0 Å². The lowest BCUT2D eigenvalue weighted by atomic mass is 10.2. The van der Waals surface area contributed by atoms with E-state index in [4.69, 9.17) is 0 Å². The number of hydrogen-bond donors (Lipinski definition) is 2. The Bertz CT molecular complexity index is 433. The van der Waals surface area contributed by atoms with Crippen LogP contribution in [-0.4, -0.2) is 28.7 Å². The second-order valence-electron chi connectivity index (χ2n) is 4.46. The molecule has 1 heterocycles. The van der Waals surface area contributed by atoms with Crippen molar-refractivity contribution in [3.63, 3.8) is 0 Å². The molecule has 0 aromatic carbocycles. The summed E-state index contributed by atoms with van der Waals surface area (Å²) in [7, 11) is 0. The molecule has 1 saturated carbocycles. The van der Waals surface area contributed by atoms with Gasteiger partial charge in [-0.25, -0.2) is 9.78 Å². The van der Waals surface area contributed by atoms with Crippen LogP contribution in [0, 0.1) is 0 Å². The highest BCUT2D eigenvalue weighted by Crippen LogP contribution is 2.17. The monoisotopic (exact) mass is 279 g/mol. The summed E-state index contributed by atoms with van der Waals surface area (Å²) >= 11 is 1.31. The van der Waals surface area contributed by atoms with Gasteiger partial charge in [0.2, 0.25) is 5.91 Å². The lowest BCUT2D eigenvalue weighted by Gasteiger charge is -2.11. The Morgan fingerprint density at radius 2 is 2.11 bits per heavy atom. The van der Waals surface area contributed by atoms with Crippen LogP contribution >= 0.6 is 11.8 Å². The van der Waals surface area contributed by atoms with Crippen molar-refractivity contribution in [2.24, 2.45) is 0 Å². The molecular formula is C13H17N3O2S. The first-order valence-electron chi connectivity index (χ1n) is 6.38. The topological polar surface area (TPSA) is 71.1 Å². The normalized spacial score (nSPS) is 15.2. The summed E-state index contributed by atoms with van der Waals surface area (Å²) in [5.74, 6) is -0.110. The minimum atomic E-state index is -0.390. The van der Waals surface area contributed by atoms with Crippen molar-refractivity contribution in [3.8, 4) is 0 Å². The van der Waals surface area contributed by atoms with Gasteiger partial charge in [-0.1, -0.05) is 30.7 Å². The highest BCUT2D eigenvalue weighted by Gasteiger charge is 2.18. The third-order valence-corrected chi connectivity index (χ3v) is 3.88. The van der Waals surface area contributed by atoms with Crippen molar-refractivity contribution in [1.29, 1.82) is 0 Å². The number of nitrogens with zero attached hydrogens (tertiary/aromatic N) is 1. The SMILES string of the molecule is O=C(CSc1ccccn1)NC(=O)NC1CCCC1. The van der Waals surface area contributed by atoms with Gasteiger partial charge < -0.3 is 5.32 Å². The molecule has 0 spiro atoms. The van der Waals surface area contributed by atoms with Gasteiger partial charge in [-0.3, -0.25) is 10.1 Å². The van der Waals surface area contributed by atoms with Gasteiger partial charge >= 0.3 is 6.03 Å². The number of nitrogens with one attached hydrogen (secondary N) is 2. The van der Waals surface area contributed by atoms with Gasteiger partial charge in [0.15, 0.2) is 0 Å². The van der Waals surface area contributed by atoms with Crippen molar-refractivity contribution in [1.82, 2.24) is 15.6 Å². The Morgan fingerprint density at radius 1 is 1.32 bits per heavy atom. The fraction of sp³-hybridized carbons (Fsp3) is 0.462. The molecule has 6 heteroatoms. The van der Waals surface area contributed by atoms with E-state index in [1.165, 1.54) is 11.8 Å². The van der Waals surface area contributed by atoms with Crippen LogP contribution < -0.4 is 10.6 Å². The first-order chi connectivity index (χ1) is 9.24. The zero-order valence-electron chi connectivity index (χ0n) is 10.6.